The van der Waals surface area contributed by atoms with Crippen LogP contribution >= 0.6 is 23.1 Å². The van der Waals surface area contributed by atoms with E-state index in [1.54, 1.807) is 14.0 Å². The normalized spacial score (nSPS) is 12.2. The van der Waals surface area contributed by atoms with Gasteiger partial charge in [-0.2, -0.15) is 0 Å². The van der Waals surface area contributed by atoms with E-state index >= 15 is 0 Å². The van der Waals surface area contributed by atoms with Crippen LogP contribution in [0.2, 0.25) is 0 Å². The zero-order valence-corrected chi connectivity index (χ0v) is 9.74. The van der Waals surface area contributed by atoms with Gasteiger partial charge < -0.3 is 10.1 Å². The quantitative estimate of drug-likeness (QED) is 0.623. The zero-order valence-electron chi connectivity index (χ0n) is 8.10. The monoisotopic (exact) mass is 233 g/mol. The van der Waals surface area contributed by atoms with Crippen LogP contribution in [0.4, 0.5) is 5.13 Å². The van der Waals surface area contributed by atoms with Crippen LogP contribution in [0.5, 0.6) is 0 Å². The van der Waals surface area contributed by atoms with Crippen LogP contribution in [-0.4, -0.2) is 35.6 Å². The predicted molar refractivity (Wildman–Crippen MR) is 56.8 cm³/mol. The maximum atomic E-state index is 11.1. The Labute approximate surface area is 90.3 Å². The van der Waals surface area contributed by atoms with Gasteiger partial charge in [0.25, 0.3) is 0 Å². The molecule has 0 aliphatic heterocycles. The maximum Gasteiger partial charge on any atom is 0.318 e. The van der Waals surface area contributed by atoms with Gasteiger partial charge in [-0.1, -0.05) is 23.1 Å². The van der Waals surface area contributed by atoms with E-state index in [0.29, 0.717) is 0 Å². The lowest BCUT2D eigenvalue weighted by molar-refractivity contribution is -0.139. The first-order valence-corrected chi connectivity index (χ1v) is 5.62. The number of hydrogen-bond donors (Lipinski definition) is 1. The van der Waals surface area contributed by atoms with Crippen molar-refractivity contribution in [1.82, 2.24) is 10.2 Å². The van der Waals surface area contributed by atoms with Gasteiger partial charge in [0.15, 0.2) is 4.34 Å². The van der Waals surface area contributed by atoms with E-state index in [4.69, 9.17) is 0 Å². The highest BCUT2D eigenvalue weighted by atomic mass is 32.2. The third-order valence-electron chi connectivity index (χ3n) is 1.43. The SMILES string of the molecule is CNc1nnc(S[C@H](C)C(=O)OC)s1. The first-order valence-electron chi connectivity index (χ1n) is 3.93. The molecule has 5 nitrogen and oxygen atoms in total. The molecule has 0 bridgehead atoms. The number of nitrogens with one attached hydrogen (secondary N) is 1. The molecule has 0 unspecified atom stereocenters. The molecular weight excluding hydrogens is 222 g/mol. The number of esters is 1. The van der Waals surface area contributed by atoms with Crippen molar-refractivity contribution < 1.29 is 9.53 Å². The number of thioether (sulfide) groups is 1. The molecule has 0 aliphatic rings. The van der Waals surface area contributed by atoms with Crippen molar-refractivity contribution in [3.05, 3.63) is 0 Å². The van der Waals surface area contributed by atoms with E-state index < -0.39 is 0 Å². The van der Waals surface area contributed by atoms with Crippen molar-refractivity contribution in [1.29, 1.82) is 0 Å². The van der Waals surface area contributed by atoms with Crippen molar-refractivity contribution in [3.63, 3.8) is 0 Å². The summed E-state index contributed by atoms with van der Waals surface area (Å²) in [4.78, 5) is 11.1. The highest BCUT2D eigenvalue weighted by Gasteiger charge is 2.16. The van der Waals surface area contributed by atoms with Crippen LogP contribution in [0.25, 0.3) is 0 Å². The lowest BCUT2D eigenvalue weighted by Gasteiger charge is -2.04. The molecule has 0 spiro atoms. The molecule has 1 aromatic heterocycles. The van der Waals surface area contributed by atoms with Crippen LogP contribution < -0.4 is 5.32 Å². The standard InChI is InChI=1S/C7H11N3O2S2/c1-4(5(11)12-3)13-7-10-9-6(8-2)14-7/h4H,1-3H3,(H,8,9)/t4-/m1/s1. The molecule has 1 aromatic rings. The Hall–Kier alpha value is -0.820. The van der Waals surface area contributed by atoms with Crippen molar-refractivity contribution in [2.24, 2.45) is 0 Å². The molecule has 14 heavy (non-hydrogen) atoms. The zero-order chi connectivity index (χ0) is 10.6. The number of carbonyl (C=O) groups excluding carboxylic acids is 1. The molecule has 1 atom stereocenters. The molecule has 78 valence electrons. The number of carbonyl (C=O) groups is 1. The summed E-state index contributed by atoms with van der Waals surface area (Å²) in [5, 5.41) is 11.1. The molecule has 0 amide bonds. The Kier molecular flexibility index (Phi) is 4.15. The second-order valence-corrected chi connectivity index (χ2v) is 4.97. The third kappa shape index (κ3) is 2.85. The Bertz CT molecular complexity index is 316. The molecule has 7 heteroatoms. The lowest BCUT2D eigenvalue weighted by Crippen LogP contribution is -2.14. The number of hydrogen-bond acceptors (Lipinski definition) is 7. The summed E-state index contributed by atoms with van der Waals surface area (Å²) in [6.45, 7) is 1.77. The van der Waals surface area contributed by atoms with Crippen LogP contribution in [-0.2, 0) is 9.53 Å². The van der Waals surface area contributed by atoms with Crippen molar-refractivity contribution >= 4 is 34.2 Å². The van der Waals surface area contributed by atoms with Gasteiger partial charge in [-0.15, -0.1) is 10.2 Å². The van der Waals surface area contributed by atoms with E-state index in [0.717, 1.165) is 9.47 Å². The summed E-state index contributed by atoms with van der Waals surface area (Å²) in [6.07, 6.45) is 0. The second-order valence-electron chi connectivity index (χ2n) is 2.41. The minimum Gasteiger partial charge on any atom is -0.468 e. The minimum absolute atomic E-state index is 0.252. The fourth-order valence-corrected chi connectivity index (χ4v) is 2.60. The molecule has 0 aliphatic carbocycles. The van der Waals surface area contributed by atoms with E-state index in [-0.39, 0.29) is 11.2 Å². The van der Waals surface area contributed by atoms with E-state index in [9.17, 15) is 4.79 Å². The molecule has 1 heterocycles. The Balaban J connectivity index is 2.55. The molecule has 0 fully saturated rings. The fourth-order valence-electron chi connectivity index (χ4n) is 0.724. The van der Waals surface area contributed by atoms with Gasteiger partial charge in [-0.3, -0.25) is 4.79 Å². The molecule has 0 radical (unpaired) electrons. The summed E-state index contributed by atoms with van der Waals surface area (Å²) >= 11 is 2.75. The Morgan fingerprint density at radius 1 is 1.64 bits per heavy atom. The summed E-state index contributed by atoms with van der Waals surface area (Å²) in [5.41, 5.74) is 0. The number of methoxy groups -OCH3 is 1. The number of ether oxygens (including phenoxy) is 1. The molecule has 1 rings (SSSR count). The Morgan fingerprint density at radius 2 is 2.36 bits per heavy atom. The third-order valence-corrected chi connectivity index (χ3v) is 3.53. The highest BCUT2D eigenvalue weighted by Crippen LogP contribution is 2.28. The number of rotatable bonds is 4. The average Bonchev–Trinajstić information content (AvgIpc) is 2.64. The largest absolute Gasteiger partial charge is 0.468 e. The van der Waals surface area contributed by atoms with Gasteiger partial charge in [0.05, 0.1) is 7.11 Å². The van der Waals surface area contributed by atoms with Gasteiger partial charge in [0.1, 0.15) is 5.25 Å². The average molecular weight is 233 g/mol. The number of anilines is 1. The fraction of sp³-hybridized carbons (Fsp3) is 0.571. The Morgan fingerprint density at radius 3 is 2.86 bits per heavy atom. The summed E-state index contributed by atoms with van der Waals surface area (Å²) < 4.78 is 5.36. The summed E-state index contributed by atoms with van der Waals surface area (Å²) in [6, 6.07) is 0. The highest BCUT2D eigenvalue weighted by molar-refractivity contribution is 8.02. The predicted octanol–water partition coefficient (Wildman–Crippen LogP) is 1.23. The first-order chi connectivity index (χ1) is 6.67. The van der Waals surface area contributed by atoms with Crippen LogP contribution in [0, 0.1) is 0 Å². The van der Waals surface area contributed by atoms with E-state index in [1.165, 1.54) is 30.2 Å². The topological polar surface area (TPSA) is 64.1 Å². The van der Waals surface area contributed by atoms with Gasteiger partial charge in [0.2, 0.25) is 5.13 Å². The van der Waals surface area contributed by atoms with E-state index in [1.807, 2.05) is 0 Å². The molecule has 0 saturated heterocycles. The van der Waals surface area contributed by atoms with Gasteiger partial charge in [-0.25, -0.2) is 0 Å². The molecule has 1 N–H and O–H groups in total. The van der Waals surface area contributed by atoms with Crippen LogP contribution in [0.1, 0.15) is 6.92 Å². The van der Waals surface area contributed by atoms with Crippen LogP contribution in [0.15, 0.2) is 4.34 Å². The van der Waals surface area contributed by atoms with Gasteiger partial charge in [0, 0.05) is 7.05 Å². The molecular formula is C7H11N3O2S2. The minimum atomic E-state index is -0.254. The lowest BCUT2D eigenvalue weighted by atomic mass is 10.5. The van der Waals surface area contributed by atoms with E-state index in [2.05, 4.69) is 20.3 Å². The van der Waals surface area contributed by atoms with Crippen molar-refractivity contribution in [2.75, 3.05) is 19.5 Å². The van der Waals surface area contributed by atoms with Crippen molar-refractivity contribution in [2.45, 2.75) is 16.5 Å². The smallest absolute Gasteiger partial charge is 0.318 e. The maximum absolute atomic E-state index is 11.1. The van der Waals surface area contributed by atoms with Gasteiger partial charge >= 0.3 is 5.97 Å². The van der Waals surface area contributed by atoms with Crippen LogP contribution in [0.3, 0.4) is 0 Å². The summed E-state index contributed by atoms with van der Waals surface area (Å²) in [7, 11) is 3.15. The van der Waals surface area contributed by atoms with Gasteiger partial charge in [-0.05, 0) is 6.92 Å². The summed E-state index contributed by atoms with van der Waals surface area (Å²) in [5.74, 6) is -0.254. The molecule has 0 saturated carbocycles. The second kappa shape index (κ2) is 5.16. The van der Waals surface area contributed by atoms with Crippen molar-refractivity contribution in [3.8, 4) is 0 Å². The molecule has 0 aromatic carbocycles. The number of nitrogens with zero attached hydrogens (tertiary/aromatic N) is 2. The number of aromatic nitrogens is 2. The first kappa shape index (κ1) is 11.3.